The lowest BCUT2D eigenvalue weighted by Gasteiger charge is -2.18. The quantitative estimate of drug-likeness (QED) is 0.517. The van der Waals surface area contributed by atoms with Crippen LogP contribution in [0.1, 0.15) is 13.8 Å². The first-order valence-electron chi connectivity index (χ1n) is 4.43. The van der Waals surface area contributed by atoms with Crippen molar-refractivity contribution in [1.82, 2.24) is 10.2 Å². The van der Waals surface area contributed by atoms with Crippen LogP contribution in [0, 0.1) is 16.0 Å². The first-order chi connectivity index (χ1) is 6.09. The van der Waals surface area contributed by atoms with E-state index in [0.717, 1.165) is 25.8 Å². The van der Waals surface area contributed by atoms with Gasteiger partial charge in [0.1, 0.15) is 0 Å². The van der Waals surface area contributed by atoms with E-state index in [1.165, 1.54) is 0 Å². The summed E-state index contributed by atoms with van der Waals surface area (Å²) in [7, 11) is 0. The van der Waals surface area contributed by atoms with Crippen molar-refractivity contribution in [3.05, 3.63) is 22.1 Å². The van der Waals surface area contributed by atoms with Crippen molar-refractivity contribution in [1.29, 1.82) is 0 Å². The molecule has 5 heteroatoms. The minimum absolute atomic E-state index is 0.416. The fourth-order valence-corrected chi connectivity index (χ4v) is 1.41. The van der Waals surface area contributed by atoms with E-state index in [1.807, 2.05) is 4.90 Å². The monoisotopic (exact) mass is 185 g/mol. The zero-order chi connectivity index (χ0) is 9.84. The maximum atomic E-state index is 10.2. The molecule has 5 nitrogen and oxygen atoms in total. The second-order valence-corrected chi connectivity index (χ2v) is 3.57. The molecule has 1 rings (SSSR count). The second kappa shape index (κ2) is 4.11. The first kappa shape index (κ1) is 9.83. The van der Waals surface area contributed by atoms with Crippen LogP contribution in [0.25, 0.3) is 0 Å². The molecule has 0 aromatic heterocycles. The molecule has 13 heavy (non-hydrogen) atoms. The summed E-state index contributed by atoms with van der Waals surface area (Å²) in [6.45, 7) is 6.72. The fraction of sp³-hybridized carbons (Fsp3) is 0.750. The van der Waals surface area contributed by atoms with Crippen molar-refractivity contribution in [2.24, 2.45) is 5.92 Å². The molecule has 1 fully saturated rings. The molecule has 0 radical (unpaired) electrons. The van der Waals surface area contributed by atoms with Gasteiger partial charge in [-0.2, -0.15) is 0 Å². The van der Waals surface area contributed by atoms with Gasteiger partial charge in [0.15, 0.2) is 5.82 Å². The van der Waals surface area contributed by atoms with Crippen LogP contribution in [0.3, 0.4) is 0 Å². The molecule has 1 aliphatic heterocycles. The highest BCUT2D eigenvalue weighted by atomic mass is 16.6. The lowest BCUT2D eigenvalue weighted by molar-refractivity contribution is -0.404. The minimum atomic E-state index is -0.416. The van der Waals surface area contributed by atoms with Gasteiger partial charge < -0.3 is 10.2 Å². The Labute approximate surface area is 77.6 Å². The summed E-state index contributed by atoms with van der Waals surface area (Å²) in [5.41, 5.74) is 0. The summed E-state index contributed by atoms with van der Waals surface area (Å²) >= 11 is 0. The minimum Gasteiger partial charge on any atom is -0.365 e. The van der Waals surface area contributed by atoms with Crippen molar-refractivity contribution >= 4 is 0 Å². The average Bonchev–Trinajstić information content (AvgIpc) is 2.34. The highest BCUT2D eigenvalue weighted by molar-refractivity contribution is 5.00. The predicted molar refractivity (Wildman–Crippen MR) is 49.5 cm³/mol. The molecule has 74 valence electrons. The number of hydrogen-bond acceptors (Lipinski definition) is 4. The number of nitrogens with zero attached hydrogens (tertiary/aromatic N) is 2. The van der Waals surface area contributed by atoms with Gasteiger partial charge >= 0.3 is 0 Å². The zero-order valence-electron chi connectivity index (χ0n) is 7.99. The van der Waals surface area contributed by atoms with Crippen LogP contribution in [0.15, 0.2) is 12.0 Å². The molecule has 0 spiro atoms. The molecule has 0 bridgehead atoms. The van der Waals surface area contributed by atoms with E-state index in [1.54, 1.807) is 0 Å². The summed E-state index contributed by atoms with van der Waals surface area (Å²) in [5.74, 6) is 1.16. The van der Waals surface area contributed by atoms with Gasteiger partial charge in [-0.1, -0.05) is 13.8 Å². The smallest absolute Gasteiger partial charge is 0.274 e. The van der Waals surface area contributed by atoms with Crippen LogP contribution >= 0.6 is 0 Å². The van der Waals surface area contributed by atoms with Crippen LogP contribution in [0.4, 0.5) is 0 Å². The lowest BCUT2D eigenvalue weighted by atomic mass is 10.2. The van der Waals surface area contributed by atoms with Crippen LogP contribution in [0.2, 0.25) is 0 Å². The second-order valence-electron chi connectivity index (χ2n) is 3.57. The molecule has 0 unspecified atom stereocenters. The Morgan fingerprint density at radius 2 is 2.46 bits per heavy atom. The van der Waals surface area contributed by atoms with Gasteiger partial charge in [-0.05, 0) is 5.92 Å². The molecule has 1 saturated heterocycles. The van der Waals surface area contributed by atoms with E-state index in [4.69, 9.17) is 0 Å². The Hall–Kier alpha value is -1.26. The number of nitrogens with one attached hydrogen (secondary N) is 1. The van der Waals surface area contributed by atoms with E-state index < -0.39 is 4.92 Å². The largest absolute Gasteiger partial charge is 0.365 e. The van der Waals surface area contributed by atoms with Crippen molar-refractivity contribution in [2.45, 2.75) is 13.8 Å². The summed E-state index contributed by atoms with van der Waals surface area (Å²) in [6.07, 6.45) is 1.04. The molecule has 0 amide bonds. The molecule has 0 atom stereocenters. The average molecular weight is 185 g/mol. The van der Waals surface area contributed by atoms with E-state index in [0.29, 0.717) is 11.7 Å². The van der Waals surface area contributed by atoms with Crippen molar-refractivity contribution in [3.63, 3.8) is 0 Å². The van der Waals surface area contributed by atoms with Crippen molar-refractivity contribution in [2.75, 3.05) is 19.6 Å². The zero-order valence-corrected chi connectivity index (χ0v) is 7.99. The van der Waals surface area contributed by atoms with Crippen LogP contribution in [0.5, 0.6) is 0 Å². The predicted octanol–water partition coefficient (Wildman–Crippen LogP) is 0.623. The molecule has 0 aromatic carbocycles. The molecule has 1 heterocycles. The summed E-state index contributed by atoms with van der Waals surface area (Å²) in [6, 6.07) is 0. The standard InChI is InChI=1S/C8H15N3O2/c1-7(2)5-10-4-3-9-8(10)6-11(12)13/h6-7,9H,3-5H2,1-2H3. The Morgan fingerprint density at radius 3 is 3.00 bits per heavy atom. The summed E-state index contributed by atoms with van der Waals surface area (Å²) in [5, 5.41) is 13.2. The van der Waals surface area contributed by atoms with Gasteiger partial charge in [-0.3, -0.25) is 10.1 Å². The van der Waals surface area contributed by atoms with Crippen LogP contribution < -0.4 is 5.32 Å². The number of hydrogen-bond donors (Lipinski definition) is 1. The molecule has 0 aromatic rings. The Bertz CT molecular complexity index is 225. The molecule has 1 aliphatic rings. The van der Waals surface area contributed by atoms with Gasteiger partial charge in [0.05, 0.1) is 4.92 Å². The summed E-state index contributed by atoms with van der Waals surface area (Å²) in [4.78, 5) is 11.8. The third-order valence-corrected chi connectivity index (χ3v) is 1.84. The van der Waals surface area contributed by atoms with E-state index in [-0.39, 0.29) is 0 Å². The van der Waals surface area contributed by atoms with Crippen molar-refractivity contribution in [3.8, 4) is 0 Å². The first-order valence-corrected chi connectivity index (χ1v) is 4.43. The Balaban J connectivity index is 2.58. The maximum Gasteiger partial charge on any atom is 0.274 e. The van der Waals surface area contributed by atoms with E-state index in [2.05, 4.69) is 19.2 Å². The van der Waals surface area contributed by atoms with Crippen LogP contribution in [-0.4, -0.2) is 29.5 Å². The maximum absolute atomic E-state index is 10.2. The molecule has 0 saturated carbocycles. The third-order valence-electron chi connectivity index (χ3n) is 1.84. The Morgan fingerprint density at radius 1 is 1.77 bits per heavy atom. The molecular formula is C8H15N3O2. The third kappa shape index (κ3) is 2.93. The molecular weight excluding hydrogens is 170 g/mol. The van der Waals surface area contributed by atoms with Gasteiger partial charge in [0.25, 0.3) is 6.20 Å². The van der Waals surface area contributed by atoms with E-state index >= 15 is 0 Å². The van der Waals surface area contributed by atoms with Gasteiger partial charge in [-0.25, -0.2) is 0 Å². The van der Waals surface area contributed by atoms with E-state index in [9.17, 15) is 10.1 Å². The molecule has 0 aliphatic carbocycles. The lowest BCUT2D eigenvalue weighted by Crippen LogP contribution is -2.25. The normalized spacial score (nSPS) is 19.6. The highest BCUT2D eigenvalue weighted by Gasteiger charge is 2.19. The van der Waals surface area contributed by atoms with Gasteiger partial charge in [0.2, 0.25) is 0 Å². The van der Waals surface area contributed by atoms with Crippen LogP contribution in [-0.2, 0) is 0 Å². The summed E-state index contributed by atoms with van der Waals surface area (Å²) < 4.78 is 0. The highest BCUT2D eigenvalue weighted by Crippen LogP contribution is 2.09. The topological polar surface area (TPSA) is 58.4 Å². The SMILES string of the molecule is CC(C)CN1CCNC1=C[N+](=O)[O-]. The molecule has 1 N–H and O–H groups in total. The van der Waals surface area contributed by atoms with Gasteiger partial charge in [-0.15, -0.1) is 0 Å². The number of nitro groups is 1. The number of rotatable bonds is 3. The van der Waals surface area contributed by atoms with Crippen molar-refractivity contribution < 1.29 is 4.92 Å². The fourth-order valence-electron chi connectivity index (χ4n) is 1.41. The van der Waals surface area contributed by atoms with Gasteiger partial charge in [0, 0.05) is 19.6 Å². The Kier molecular flexibility index (Phi) is 3.11.